The summed E-state index contributed by atoms with van der Waals surface area (Å²) in [6.45, 7) is 0. The van der Waals surface area contributed by atoms with Gasteiger partial charge in [0.1, 0.15) is 5.82 Å². The Labute approximate surface area is 330 Å². The molecular formula is C52H33N5. The van der Waals surface area contributed by atoms with Gasteiger partial charge in [-0.3, -0.25) is 4.57 Å². The van der Waals surface area contributed by atoms with E-state index < -0.39 is 0 Å². The second-order valence-corrected chi connectivity index (χ2v) is 14.3. The van der Waals surface area contributed by atoms with E-state index >= 15 is 0 Å². The lowest BCUT2D eigenvalue weighted by Crippen LogP contribution is -2.00. The number of hydrogen-bond donors (Lipinski definition) is 0. The smallest absolute Gasteiger partial charge is 0.164 e. The maximum Gasteiger partial charge on any atom is 0.164 e. The lowest BCUT2D eigenvalue weighted by molar-refractivity contribution is 1.07. The molecule has 5 nitrogen and oxygen atoms in total. The highest BCUT2D eigenvalue weighted by Gasteiger charge is 2.25. The molecule has 1 aliphatic rings. The van der Waals surface area contributed by atoms with E-state index in [0.717, 1.165) is 67.1 Å². The average molecular weight is 728 g/mol. The molecule has 3 heterocycles. The molecule has 11 rings (SSSR count). The van der Waals surface area contributed by atoms with Gasteiger partial charge in [0.2, 0.25) is 0 Å². The number of hydrogen-bond acceptors (Lipinski definition) is 4. The summed E-state index contributed by atoms with van der Waals surface area (Å²) in [5, 5.41) is 0. The Kier molecular flexibility index (Phi) is 7.74. The maximum absolute atomic E-state index is 5.31. The second-order valence-electron chi connectivity index (χ2n) is 14.3. The Balaban J connectivity index is 1.03. The molecule has 57 heavy (non-hydrogen) atoms. The molecule has 0 spiro atoms. The predicted molar refractivity (Wildman–Crippen MR) is 232 cm³/mol. The van der Waals surface area contributed by atoms with E-state index in [-0.39, 0.29) is 0 Å². The predicted octanol–water partition coefficient (Wildman–Crippen LogP) is 12.9. The molecule has 0 atom stereocenters. The molecule has 10 aromatic rings. The van der Waals surface area contributed by atoms with Crippen molar-refractivity contribution in [3.8, 4) is 95.7 Å². The normalized spacial score (nSPS) is 11.5. The van der Waals surface area contributed by atoms with Crippen molar-refractivity contribution in [2.75, 3.05) is 0 Å². The van der Waals surface area contributed by atoms with E-state index in [0.29, 0.717) is 17.5 Å². The van der Waals surface area contributed by atoms with Crippen LogP contribution >= 0.6 is 0 Å². The topological polar surface area (TPSA) is 56.5 Å². The first-order valence-electron chi connectivity index (χ1n) is 19.1. The van der Waals surface area contributed by atoms with Crippen molar-refractivity contribution in [3.63, 3.8) is 0 Å². The van der Waals surface area contributed by atoms with E-state index in [1.807, 2.05) is 36.4 Å². The van der Waals surface area contributed by atoms with Crippen LogP contribution in [0.2, 0.25) is 0 Å². The molecule has 0 saturated heterocycles. The molecule has 0 N–H and O–H groups in total. The summed E-state index contributed by atoms with van der Waals surface area (Å²) in [7, 11) is 0. The SMILES string of the molecule is c1ccc(-c2cccc(-c3nc(-c4ccccc4)nc(-c4cccc(-c5cccc(-c6nc7cccc8c7n6-c6ccccc6-c6ccccc6-8)c5)c4)n3)c2)cc1. The first kappa shape index (κ1) is 32.7. The Bertz CT molecular complexity index is 3130. The van der Waals surface area contributed by atoms with E-state index in [1.54, 1.807) is 0 Å². The molecule has 0 amide bonds. The van der Waals surface area contributed by atoms with Gasteiger partial charge in [0.05, 0.1) is 16.7 Å². The molecule has 266 valence electrons. The van der Waals surface area contributed by atoms with Crippen molar-refractivity contribution in [3.05, 3.63) is 200 Å². The Hall–Kier alpha value is -7.76. The van der Waals surface area contributed by atoms with Crippen LogP contribution in [0.15, 0.2) is 200 Å². The summed E-state index contributed by atoms with van der Waals surface area (Å²) in [6, 6.07) is 69.9. The zero-order valence-corrected chi connectivity index (χ0v) is 30.8. The summed E-state index contributed by atoms with van der Waals surface area (Å²) in [5.41, 5.74) is 16.2. The van der Waals surface area contributed by atoms with Gasteiger partial charge in [-0.15, -0.1) is 0 Å². The highest BCUT2D eigenvalue weighted by Crippen LogP contribution is 2.45. The van der Waals surface area contributed by atoms with Gasteiger partial charge in [-0.1, -0.05) is 170 Å². The fourth-order valence-corrected chi connectivity index (χ4v) is 8.12. The van der Waals surface area contributed by atoms with Gasteiger partial charge < -0.3 is 0 Å². The van der Waals surface area contributed by atoms with Crippen LogP contribution in [0.1, 0.15) is 0 Å². The molecule has 1 aliphatic heterocycles. The van der Waals surface area contributed by atoms with Crippen molar-refractivity contribution in [2.24, 2.45) is 0 Å². The minimum absolute atomic E-state index is 0.617. The summed E-state index contributed by atoms with van der Waals surface area (Å²) in [4.78, 5) is 20.5. The number of benzene rings is 8. The first-order chi connectivity index (χ1) is 28.2. The van der Waals surface area contributed by atoms with Crippen LogP contribution in [0, 0.1) is 0 Å². The number of rotatable bonds is 6. The molecule has 5 heteroatoms. The molecule has 0 radical (unpaired) electrons. The van der Waals surface area contributed by atoms with Gasteiger partial charge in [0.15, 0.2) is 17.5 Å². The summed E-state index contributed by atoms with van der Waals surface area (Å²) in [6.07, 6.45) is 0. The third kappa shape index (κ3) is 5.72. The fourth-order valence-electron chi connectivity index (χ4n) is 8.12. The van der Waals surface area contributed by atoms with Crippen molar-refractivity contribution in [1.82, 2.24) is 24.5 Å². The van der Waals surface area contributed by atoms with Crippen LogP contribution in [-0.2, 0) is 0 Å². The molecule has 0 aliphatic carbocycles. The second kappa shape index (κ2) is 13.5. The molecule has 8 aromatic carbocycles. The average Bonchev–Trinajstić information content (AvgIpc) is 3.64. The molecule has 2 aromatic heterocycles. The zero-order valence-electron chi connectivity index (χ0n) is 30.8. The van der Waals surface area contributed by atoms with Gasteiger partial charge >= 0.3 is 0 Å². The van der Waals surface area contributed by atoms with Crippen molar-refractivity contribution in [1.29, 1.82) is 0 Å². The molecular weight excluding hydrogens is 695 g/mol. The first-order valence-corrected chi connectivity index (χ1v) is 19.1. The number of para-hydroxylation sites is 2. The van der Waals surface area contributed by atoms with Crippen LogP contribution < -0.4 is 0 Å². The minimum Gasteiger partial charge on any atom is -0.291 e. The number of imidazole rings is 1. The lowest BCUT2D eigenvalue weighted by atomic mass is 9.94. The zero-order chi connectivity index (χ0) is 37.7. The van der Waals surface area contributed by atoms with E-state index in [2.05, 4.69) is 168 Å². The third-order valence-corrected chi connectivity index (χ3v) is 10.8. The lowest BCUT2D eigenvalue weighted by Gasteiger charge is -2.14. The largest absolute Gasteiger partial charge is 0.291 e. The Morgan fingerprint density at radius 2 is 0.702 bits per heavy atom. The van der Waals surface area contributed by atoms with Crippen LogP contribution in [-0.4, -0.2) is 24.5 Å². The van der Waals surface area contributed by atoms with Crippen molar-refractivity contribution < 1.29 is 0 Å². The quantitative estimate of drug-likeness (QED) is 0.171. The number of nitrogens with zero attached hydrogens (tertiary/aromatic N) is 5. The Morgan fingerprint density at radius 3 is 1.35 bits per heavy atom. The number of aromatic nitrogens is 5. The summed E-state index contributed by atoms with van der Waals surface area (Å²) in [5.74, 6) is 2.78. The van der Waals surface area contributed by atoms with Gasteiger partial charge in [-0.2, -0.15) is 0 Å². The number of fused-ring (bicyclic) bond motifs is 5. The van der Waals surface area contributed by atoms with E-state index in [4.69, 9.17) is 19.9 Å². The van der Waals surface area contributed by atoms with Crippen molar-refractivity contribution >= 4 is 11.0 Å². The Morgan fingerprint density at radius 1 is 0.281 bits per heavy atom. The van der Waals surface area contributed by atoms with Crippen LogP contribution in [0.3, 0.4) is 0 Å². The van der Waals surface area contributed by atoms with Gasteiger partial charge in [0.25, 0.3) is 0 Å². The monoisotopic (exact) mass is 727 g/mol. The molecule has 0 unspecified atom stereocenters. The van der Waals surface area contributed by atoms with Crippen molar-refractivity contribution in [2.45, 2.75) is 0 Å². The highest BCUT2D eigenvalue weighted by atomic mass is 15.1. The minimum atomic E-state index is 0.617. The van der Waals surface area contributed by atoms with Crippen LogP contribution in [0.5, 0.6) is 0 Å². The standard InChI is InChI=1S/C52H33N5/c1-3-15-34(16-4-1)36-19-11-22-39(31-36)50-54-49(35-17-5-2-6-18-35)55-51(56-50)40-23-12-20-37(32-40)38-21-13-24-41(33-38)52-53-46-29-14-28-45-43-26-8-7-25-42(43)44-27-9-10-30-47(44)57(52)48(45)46/h1-33H. The van der Waals surface area contributed by atoms with E-state index in [9.17, 15) is 0 Å². The molecule has 0 bridgehead atoms. The molecule has 0 fully saturated rings. The molecule has 0 saturated carbocycles. The third-order valence-electron chi connectivity index (χ3n) is 10.8. The summed E-state index contributed by atoms with van der Waals surface area (Å²) >= 11 is 0. The van der Waals surface area contributed by atoms with E-state index in [1.165, 1.54) is 22.3 Å². The maximum atomic E-state index is 5.31. The van der Waals surface area contributed by atoms with Crippen LogP contribution in [0.25, 0.3) is 107 Å². The van der Waals surface area contributed by atoms with Gasteiger partial charge in [-0.05, 0) is 63.7 Å². The van der Waals surface area contributed by atoms with Crippen LogP contribution in [0.4, 0.5) is 0 Å². The highest BCUT2D eigenvalue weighted by molar-refractivity contribution is 6.03. The fraction of sp³-hybridized carbons (Fsp3) is 0. The van der Waals surface area contributed by atoms with Gasteiger partial charge in [-0.25, -0.2) is 19.9 Å². The van der Waals surface area contributed by atoms with Gasteiger partial charge in [0, 0.05) is 33.4 Å². The summed E-state index contributed by atoms with van der Waals surface area (Å²) < 4.78 is 2.35.